The molecule has 2 rings (SSSR count). The first-order chi connectivity index (χ1) is 8.38. The van der Waals surface area contributed by atoms with E-state index in [2.05, 4.69) is 21.8 Å². The van der Waals surface area contributed by atoms with E-state index < -0.39 is 0 Å². The number of aldehydes is 1. The van der Waals surface area contributed by atoms with Crippen molar-refractivity contribution in [3.05, 3.63) is 48.3 Å². The zero-order valence-electron chi connectivity index (χ0n) is 8.83. The van der Waals surface area contributed by atoms with E-state index in [0.717, 1.165) is 5.56 Å². The van der Waals surface area contributed by atoms with Crippen molar-refractivity contribution in [1.29, 1.82) is 0 Å². The van der Waals surface area contributed by atoms with Gasteiger partial charge in [0.25, 0.3) is 0 Å². The molecule has 4 nitrogen and oxygen atoms in total. The van der Waals surface area contributed by atoms with E-state index in [4.69, 9.17) is 4.74 Å². The number of hydrogen-bond donors (Lipinski definition) is 0. The van der Waals surface area contributed by atoms with Crippen LogP contribution in [0.5, 0.6) is 11.8 Å². The third kappa shape index (κ3) is 3.14. The van der Waals surface area contributed by atoms with Crippen LogP contribution in [0.1, 0.15) is 5.56 Å². The van der Waals surface area contributed by atoms with Crippen LogP contribution in [0.2, 0.25) is 0 Å². The van der Waals surface area contributed by atoms with Crippen LogP contribution in [-0.2, 0) is 4.79 Å². The number of benzene rings is 1. The lowest BCUT2D eigenvalue weighted by Gasteiger charge is -2.02. The highest BCUT2D eigenvalue weighted by molar-refractivity contribution is 5.73. The van der Waals surface area contributed by atoms with Crippen LogP contribution in [-0.4, -0.2) is 16.3 Å². The van der Waals surface area contributed by atoms with Gasteiger partial charge in [0.05, 0.1) is 0 Å². The minimum atomic E-state index is 0.291. The molecule has 2 aromatic rings. The number of nitrogens with zero attached hydrogens (tertiary/aromatic N) is 2. The van der Waals surface area contributed by atoms with Crippen molar-refractivity contribution >= 4 is 6.29 Å². The second-order valence-electron chi connectivity index (χ2n) is 3.04. The molecule has 4 heteroatoms. The number of ether oxygens (including phenoxy) is 1. The van der Waals surface area contributed by atoms with Crippen LogP contribution in [0.25, 0.3) is 0 Å². The van der Waals surface area contributed by atoms with E-state index in [0.29, 0.717) is 18.0 Å². The Labute approximate surface area is 98.3 Å². The van der Waals surface area contributed by atoms with E-state index in [1.54, 1.807) is 42.7 Å². The van der Waals surface area contributed by atoms with E-state index >= 15 is 0 Å². The Morgan fingerprint density at radius 1 is 1.12 bits per heavy atom. The van der Waals surface area contributed by atoms with Gasteiger partial charge in [0.1, 0.15) is 5.75 Å². The van der Waals surface area contributed by atoms with E-state index in [-0.39, 0.29) is 0 Å². The average Bonchev–Trinajstić information content (AvgIpc) is 2.39. The van der Waals surface area contributed by atoms with Crippen molar-refractivity contribution in [2.75, 3.05) is 0 Å². The number of aromatic nitrogens is 2. The molecule has 0 spiro atoms. The molecular formula is C13H8N2O2. The van der Waals surface area contributed by atoms with Gasteiger partial charge in [-0.15, -0.1) is 0 Å². The molecule has 0 radical (unpaired) electrons. The largest absolute Gasteiger partial charge is 0.424 e. The maximum Gasteiger partial charge on any atom is 0.321 e. The first kappa shape index (κ1) is 10.8. The number of hydrogen-bond acceptors (Lipinski definition) is 4. The molecular weight excluding hydrogens is 216 g/mol. The second kappa shape index (κ2) is 5.42. The van der Waals surface area contributed by atoms with Gasteiger partial charge in [0.2, 0.25) is 0 Å². The van der Waals surface area contributed by atoms with Gasteiger partial charge in [0, 0.05) is 18.0 Å². The number of carbonyl (C=O) groups is 1. The van der Waals surface area contributed by atoms with Gasteiger partial charge < -0.3 is 4.74 Å². The zero-order chi connectivity index (χ0) is 11.9. The summed E-state index contributed by atoms with van der Waals surface area (Å²) in [5, 5.41) is 0. The fourth-order valence-electron chi connectivity index (χ4n) is 1.16. The Kier molecular flexibility index (Phi) is 3.46. The highest BCUT2D eigenvalue weighted by Crippen LogP contribution is 2.16. The molecule has 17 heavy (non-hydrogen) atoms. The Balaban J connectivity index is 2.11. The maximum absolute atomic E-state index is 10.1. The zero-order valence-corrected chi connectivity index (χ0v) is 8.83. The smallest absolute Gasteiger partial charge is 0.321 e. The molecule has 0 bridgehead atoms. The highest BCUT2D eigenvalue weighted by atomic mass is 16.5. The van der Waals surface area contributed by atoms with Gasteiger partial charge in [-0.25, -0.2) is 9.97 Å². The van der Waals surface area contributed by atoms with E-state index in [9.17, 15) is 4.79 Å². The van der Waals surface area contributed by atoms with Crippen LogP contribution >= 0.6 is 0 Å². The quantitative estimate of drug-likeness (QED) is 0.576. The third-order valence-electron chi connectivity index (χ3n) is 1.88. The van der Waals surface area contributed by atoms with Gasteiger partial charge in [-0.3, -0.25) is 4.79 Å². The van der Waals surface area contributed by atoms with Crippen LogP contribution in [0, 0.1) is 11.8 Å². The normalized spacial score (nSPS) is 8.94. The summed E-state index contributed by atoms with van der Waals surface area (Å²) in [6.45, 7) is 0. The minimum absolute atomic E-state index is 0.291. The standard InChI is InChI=1S/C13H8N2O2/c16-10-1-3-11-4-6-12(7-5-11)17-13-14-8-2-9-15-13/h2,4-10H. The molecule has 1 heterocycles. The summed E-state index contributed by atoms with van der Waals surface area (Å²) >= 11 is 0. The van der Waals surface area contributed by atoms with Crippen LogP contribution in [0.4, 0.5) is 0 Å². The second-order valence-corrected chi connectivity index (χ2v) is 3.04. The first-order valence-electron chi connectivity index (χ1n) is 4.88. The van der Waals surface area contributed by atoms with Gasteiger partial charge >= 0.3 is 6.01 Å². The fraction of sp³-hybridized carbons (Fsp3) is 0. The van der Waals surface area contributed by atoms with Gasteiger partial charge in [-0.1, -0.05) is 5.92 Å². The first-order valence-corrected chi connectivity index (χ1v) is 4.88. The lowest BCUT2D eigenvalue weighted by molar-refractivity contribution is -0.103. The number of carbonyl (C=O) groups excluding carboxylic acids is 1. The lowest BCUT2D eigenvalue weighted by atomic mass is 10.2. The van der Waals surface area contributed by atoms with Gasteiger partial charge in [0.15, 0.2) is 6.29 Å². The lowest BCUT2D eigenvalue weighted by Crippen LogP contribution is -1.89. The monoisotopic (exact) mass is 224 g/mol. The predicted octanol–water partition coefficient (Wildman–Crippen LogP) is 1.82. The summed E-state index contributed by atoms with van der Waals surface area (Å²) in [4.78, 5) is 17.9. The molecule has 0 unspecified atom stereocenters. The van der Waals surface area contributed by atoms with Crippen LogP contribution in [0.15, 0.2) is 42.7 Å². The Hall–Kier alpha value is -2.67. The summed E-state index contributed by atoms with van der Waals surface area (Å²) in [7, 11) is 0. The van der Waals surface area contributed by atoms with Gasteiger partial charge in [-0.2, -0.15) is 0 Å². The summed E-state index contributed by atoms with van der Waals surface area (Å²) in [5.74, 6) is 5.64. The fourth-order valence-corrected chi connectivity index (χ4v) is 1.16. The van der Waals surface area contributed by atoms with Crippen LogP contribution in [0.3, 0.4) is 0 Å². The summed E-state index contributed by atoms with van der Waals surface area (Å²) in [5.41, 5.74) is 0.749. The topological polar surface area (TPSA) is 52.1 Å². The molecule has 0 N–H and O–H groups in total. The van der Waals surface area contributed by atoms with Crippen molar-refractivity contribution in [2.45, 2.75) is 0 Å². The molecule has 0 saturated carbocycles. The molecule has 0 atom stereocenters. The molecule has 0 amide bonds. The highest BCUT2D eigenvalue weighted by Gasteiger charge is 1.98. The molecule has 0 aliphatic carbocycles. The number of rotatable bonds is 2. The summed E-state index contributed by atoms with van der Waals surface area (Å²) < 4.78 is 5.40. The van der Waals surface area contributed by atoms with Crippen molar-refractivity contribution in [1.82, 2.24) is 9.97 Å². The summed E-state index contributed by atoms with van der Waals surface area (Å²) in [6, 6.07) is 9.00. The van der Waals surface area contributed by atoms with E-state index in [1.165, 1.54) is 0 Å². The average molecular weight is 224 g/mol. The van der Waals surface area contributed by atoms with Crippen molar-refractivity contribution in [3.63, 3.8) is 0 Å². The molecule has 0 saturated heterocycles. The molecule has 82 valence electrons. The van der Waals surface area contributed by atoms with Crippen LogP contribution < -0.4 is 4.74 Å². The van der Waals surface area contributed by atoms with E-state index in [1.807, 2.05) is 0 Å². The van der Waals surface area contributed by atoms with Crippen molar-refractivity contribution < 1.29 is 9.53 Å². The molecule has 0 aliphatic rings. The molecule has 1 aromatic carbocycles. The molecule has 1 aromatic heterocycles. The Bertz CT molecular complexity index is 553. The molecule has 0 aliphatic heterocycles. The molecule has 0 fully saturated rings. The predicted molar refractivity (Wildman–Crippen MR) is 61.5 cm³/mol. The minimum Gasteiger partial charge on any atom is -0.424 e. The Morgan fingerprint density at radius 3 is 2.47 bits per heavy atom. The summed E-state index contributed by atoms with van der Waals surface area (Å²) in [6.07, 6.45) is 3.76. The Morgan fingerprint density at radius 2 is 1.82 bits per heavy atom. The van der Waals surface area contributed by atoms with Crippen molar-refractivity contribution in [3.8, 4) is 23.6 Å². The van der Waals surface area contributed by atoms with Crippen molar-refractivity contribution in [2.24, 2.45) is 0 Å². The third-order valence-corrected chi connectivity index (χ3v) is 1.88. The SMILES string of the molecule is O=CC#Cc1ccc(Oc2ncccn2)cc1. The maximum atomic E-state index is 10.1. The van der Waals surface area contributed by atoms with Gasteiger partial charge in [-0.05, 0) is 36.3 Å².